The molecule has 1 unspecified atom stereocenters. The summed E-state index contributed by atoms with van der Waals surface area (Å²) in [6.07, 6.45) is 2.53. The van der Waals surface area contributed by atoms with E-state index < -0.39 is 0 Å². The second-order valence-corrected chi connectivity index (χ2v) is 6.46. The van der Waals surface area contributed by atoms with Crippen LogP contribution in [0.25, 0.3) is 0 Å². The molecule has 1 amide bonds. The Morgan fingerprint density at radius 1 is 1.42 bits per heavy atom. The van der Waals surface area contributed by atoms with E-state index in [2.05, 4.69) is 20.5 Å². The van der Waals surface area contributed by atoms with Gasteiger partial charge in [0.1, 0.15) is 0 Å². The van der Waals surface area contributed by atoms with E-state index >= 15 is 0 Å². The number of aliphatic imine (C=N–C) groups is 1. The molecule has 1 saturated heterocycles. The minimum atomic E-state index is 0. The highest BCUT2D eigenvalue weighted by Crippen LogP contribution is 2.17. The summed E-state index contributed by atoms with van der Waals surface area (Å²) < 4.78 is 5.26. The van der Waals surface area contributed by atoms with Crippen molar-refractivity contribution in [3.63, 3.8) is 0 Å². The van der Waals surface area contributed by atoms with Gasteiger partial charge in [0, 0.05) is 51.8 Å². The molecule has 1 atom stereocenters. The normalized spacial score (nSPS) is 17.0. The van der Waals surface area contributed by atoms with Crippen molar-refractivity contribution in [2.45, 2.75) is 32.7 Å². The van der Waals surface area contributed by atoms with Crippen molar-refractivity contribution >= 4 is 41.5 Å². The maximum Gasteiger partial charge on any atom is 0.224 e. The summed E-state index contributed by atoms with van der Waals surface area (Å²) in [5, 5.41) is 6.36. The summed E-state index contributed by atoms with van der Waals surface area (Å²) in [7, 11) is 3.56. The summed E-state index contributed by atoms with van der Waals surface area (Å²) in [4.78, 5) is 18.4. The number of ether oxygens (including phenoxy) is 1. The molecular weight excluding hydrogens is 443 g/mol. The molecule has 2 N–H and O–H groups in total. The SMILES string of the molecule is CCCC(=O)Nc1cccc(CNC(=NC)N2CCC(COC)C2)c1.I. The molecule has 0 aliphatic carbocycles. The molecule has 6 nitrogen and oxygen atoms in total. The van der Waals surface area contributed by atoms with Crippen LogP contribution in [0.15, 0.2) is 29.3 Å². The van der Waals surface area contributed by atoms with Crippen LogP contribution in [0.1, 0.15) is 31.7 Å². The second kappa shape index (κ2) is 12.1. The topological polar surface area (TPSA) is 66.0 Å². The Balaban J connectivity index is 0.00000338. The summed E-state index contributed by atoms with van der Waals surface area (Å²) in [6, 6.07) is 7.94. The summed E-state index contributed by atoms with van der Waals surface area (Å²) >= 11 is 0. The van der Waals surface area contributed by atoms with Gasteiger partial charge in [-0.25, -0.2) is 0 Å². The third-order valence-electron chi connectivity index (χ3n) is 4.34. The van der Waals surface area contributed by atoms with Crippen molar-refractivity contribution < 1.29 is 9.53 Å². The van der Waals surface area contributed by atoms with Crippen LogP contribution in [0.3, 0.4) is 0 Å². The van der Waals surface area contributed by atoms with Crippen molar-refractivity contribution in [3.05, 3.63) is 29.8 Å². The number of carbonyl (C=O) groups excluding carboxylic acids is 1. The van der Waals surface area contributed by atoms with E-state index in [1.165, 1.54) is 0 Å². The number of likely N-dealkylation sites (tertiary alicyclic amines) is 1. The van der Waals surface area contributed by atoms with Gasteiger partial charge >= 0.3 is 0 Å². The molecule has 0 aromatic heterocycles. The zero-order valence-corrected chi connectivity index (χ0v) is 18.3. The van der Waals surface area contributed by atoms with E-state index in [9.17, 15) is 4.79 Å². The lowest BCUT2D eigenvalue weighted by Crippen LogP contribution is -2.39. The van der Waals surface area contributed by atoms with E-state index in [1.807, 2.05) is 38.2 Å². The maximum absolute atomic E-state index is 11.7. The fraction of sp³-hybridized carbons (Fsp3) is 0.579. The number of hydrogen-bond donors (Lipinski definition) is 2. The van der Waals surface area contributed by atoms with Gasteiger partial charge < -0.3 is 20.3 Å². The van der Waals surface area contributed by atoms with Crippen LogP contribution >= 0.6 is 24.0 Å². The molecule has 1 aromatic rings. The Kier molecular flexibility index (Phi) is 10.6. The number of benzene rings is 1. The molecule has 0 saturated carbocycles. The highest BCUT2D eigenvalue weighted by atomic mass is 127. The molecule has 7 heteroatoms. The standard InChI is InChI=1S/C19H30N4O2.HI/c1-4-6-18(24)22-17-8-5-7-15(11-17)12-21-19(20-2)23-10-9-16(13-23)14-25-3;/h5,7-8,11,16H,4,6,9-10,12-14H2,1-3H3,(H,20,21)(H,22,24);1H. The lowest BCUT2D eigenvalue weighted by atomic mass is 10.1. The number of methoxy groups -OCH3 is 1. The van der Waals surface area contributed by atoms with Gasteiger partial charge in [0.2, 0.25) is 5.91 Å². The average molecular weight is 474 g/mol. The van der Waals surface area contributed by atoms with E-state index in [0.717, 1.165) is 49.7 Å². The zero-order chi connectivity index (χ0) is 18.1. The summed E-state index contributed by atoms with van der Waals surface area (Å²) in [6.45, 7) is 5.45. The molecule has 1 aliphatic rings. The van der Waals surface area contributed by atoms with Gasteiger partial charge in [-0.1, -0.05) is 19.1 Å². The van der Waals surface area contributed by atoms with E-state index in [1.54, 1.807) is 7.11 Å². The zero-order valence-electron chi connectivity index (χ0n) is 16.0. The monoisotopic (exact) mass is 474 g/mol. The number of anilines is 1. The number of hydrogen-bond acceptors (Lipinski definition) is 3. The number of nitrogens with zero attached hydrogens (tertiary/aromatic N) is 2. The predicted octanol–water partition coefficient (Wildman–Crippen LogP) is 3.09. The van der Waals surface area contributed by atoms with Crippen LogP contribution in [-0.4, -0.2) is 50.6 Å². The van der Waals surface area contributed by atoms with E-state index in [-0.39, 0.29) is 29.9 Å². The number of carbonyl (C=O) groups is 1. The van der Waals surface area contributed by atoms with Crippen molar-refractivity contribution in [3.8, 4) is 0 Å². The first-order chi connectivity index (χ1) is 12.2. The first-order valence-corrected chi connectivity index (χ1v) is 8.99. The highest BCUT2D eigenvalue weighted by molar-refractivity contribution is 14.0. The number of halogens is 1. The van der Waals surface area contributed by atoms with Crippen LogP contribution in [-0.2, 0) is 16.1 Å². The summed E-state index contributed by atoms with van der Waals surface area (Å²) in [5.74, 6) is 1.55. The van der Waals surface area contributed by atoms with Crippen LogP contribution in [0.5, 0.6) is 0 Å². The maximum atomic E-state index is 11.7. The van der Waals surface area contributed by atoms with Gasteiger partial charge in [-0.3, -0.25) is 9.79 Å². The van der Waals surface area contributed by atoms with Crippen molar-refractivity contribution in [2.75, 3.05) is 39.2 Å². The molecule has 0 radical (unpaired) electrons. The van der Waals surface area contributed by atoms with Crippen molar-refractivity contribution in [1.82, 2.24) is 10.2 Å². The molecule has 1 aromatic carbocycles. The smallest absolute Gasteiger partial charge is 0.224 e. The fourth-order valence-electron chi connectivity index (χ4n) is 3.12. The molecular formula is C19H31IN4O2. The Labute approximate surface area is 173 Å². The van der Waals surface area contributed by atoms with Crippen molar-refractivity contribution in [1.29, 1.82) is 0 Å². The quantitative estimate of drug-likeness (QED) is 0.362. The van der Waals surface area contributed by atoms with E-state index in [4.69, 9.17) is 4.74 Å². The number of nitrogens with one attached hydrogen (secondary N) is 2. The Morgan fingerprint density at radius 2 is 2.23 bits per heavy atom. The van der Waals surface area contributed by atoms with Gasteiger partial charge in [-0.05, 0) is 30.5 Å². The van der Waals surface area contributed by atoms with Gasteiger partial charge in [0.05, 0.1) is 6.61 Å². The van der Waals surface area contributed by atoms with Gasteiger partial charge in [0.25, 0.3) is 0 Å². The lowest BCUT2D eigenvalue weighted by Gasteiger charge is -2.22. The highest BCUT2D eigenvalue weighted by Gasteiger charge is 2.24. The van der Waals surface area contributed by atoms with Crippen LogP contribution in [0.2, 0.25) is 0 Å². The largest absolute Gasteiger partial charge is 0.384 e. The summed E-state index contributed by atoms with van der Waals surface area (Å²) in [5.41, 5.74) is 1.96. The number of amides is 1. The minimum Gasteiger partial charge on any atom is -0.384 e. The lowest BCUT2D eigenvalue weighted by molar-refractivity contribution is -0.116. The van der Waals surface area contributed by atoms with Gasteiger partial charge in [-0.15, -0.1) is 24.0 Å². The fourth-order valence-corrected chi connectivity index (χ4v) is 3.12. The molecule has 1 heterocycles. The molecule has 2 rings (SSSR count). The molecule has 1 fully saturated rings. The Morgan fingerprint density at radius 3 is 2.92 bits per heavy atom. The molecule has 0 spiro atoms. The molecule has 1 aliphatic heterocycles. The van der Waals surface area contributed by atoms with Gasteiger partial charge in [0.15, 0.2) is 5.96 Å². The minimum absolute atomic E-state index is 0. The number of guanidine groups is 1. The molecule has 26 heavy (non-hydrogen) atoms. The van der Waals surface area contributed by atoms with E-state index in [0.29, 0.717) is 18.9 Å². The predicted molar refractivity (Wildman–Crippen MR) is 117 cm³/mol. The van der Waals surface area contributed by atoms with Gasteiger partial charge in [-0.2, -0.15) is 0 Å². The van der Waals surface area contributed by atoms with Crippen LogP contribution in [0, 0.1) is 5.92 Å². The molecule has 146 valence electrons. The number of rotatable bonds is 7. The first kappa shape index (κ1) is 22.7. The Bertz CT molecular complexity index is 595. The molecule has 0 bridgehead atoms. The van der Waals surface area contributed by atoms with Crippen LogP contribution in [0.4, 0.5) is 5.69 Å². The van der Waals surface area contributed by atoms with Crippen molar-refractivity contribution in [2.24, 2.45) is 10.9 Å². The second-order valence-electron chi connectivity index (χ2n) is 6.46. The Hall–Kier alpha value is -1.35. The van der Waals surface area contributed by atoms with Crippen LogP contribution < -0.4 is 10.6 Å². The third-order valence-corrected chi connectivity index (χ3v) is 4.34. The average Bonchev–Trinajstić information content (AvgIpc) is 3.05. The third kappa shape index (κ3) is 7.11. The first-order valence-electron chi connectivity index (χ1n) is 8.99.